The van der Waals surface area contributed by atoms with Gasteiger partial charge < -0.3 is 5.73 Å². The summed E-state index contributed by atoms with van der Waals surface area (Å²) in [6.07, 6.45) is -3.89. The highest BCUT2D eigenvalue weighted by molar-refractivity contribution is 5.81. The Hall–Kier alpha value is -1.69. The molecule has 2 N–H and O–H groups in total. The highest BCUT2D eigenvalue weighted by atomic mass is 19.4. The molecule has 1 aromatic carbocycles. The zero-order valence-electron chi connectivity index (χ0n) is 10.4. The third kappa shape index (κ3) is 2.75. The Morgan fingerprint density at radius 3 is 2.40 bits per heavy atom. The second kappa shape index (κ2) is 5.36. The van der Waals surface area contributed by atoms with Crippen LogP contribution in [0.4, 0.5) is 22.0 Å². The van der Waals surface area contributed by atoms with Crippen LogP contribution in [0.3, 0.4) is 0 Å². The molecule has 0 radical (unpaired) electrons. The van der Waals surface area contributed by atoms with Crippen LogP contribution in [0.1, 0.15) is 24.0 Å². The maximum absolute atomic E-state index is 13.8. The van der Waals surface area contributed by atoms with Gasteiger partial charge in [0.15, 0.2) is 0 Å². The Bertz CT molecular complexity index is 584. The topological polar surface area (TPSA) is 26.0 Å². The average molecular weight is 289 g/mol. The Morgan fingerprint density at radius 1 is 1.15 bits per heavy atom. The number of nitrogens with two attached hydrogens (primary N) is 1. The van der Waals surface area contributed by atoms with Crippen molar-refractivity contribution in [3.8, 4) is 0 Å². The molecule has 0 unspecified atom stereocenters. The zero-order valence-corrected chi connectivity index (χ0v) is 10.4. The first-order valence-corrected chi connectivity index (χ1v) is 6.00. The van der Waals surface area contributed by atoms with E-state index in [-0.39, 0.29) is 30.5 Å². The normalized spacial score (nSPS) is 16.4. The van der Waals surface area contributed by atoms with Gasteiger partial charge in [0, 0.05) is 23.3 Å². The highest BCUT2D eigenvalue weighted by Crippen LogP contribution is 2.42. The molecule has 1 nitrogen and oxygen atoms in total. The first kappa shape index (κ1) is 14.7. The second-order valence-corrected chi connectivity index (χ2v) is 4.45. The largest absolute Gasteiger partial charge is 0.413 e. The number of rotatable bonds is 2. The van der Waals surface area contributed by atoms with Crippen molar-refractivity contribution in [3.63, 3.8) is 0 Å². The van der Waals surface area contributed by atoms with E-state index in [0.717, 1.165) is 12.1 Å². The van der Waals surface area contributed by atoms with Crippen LogP contribution in [0.5, 0.6) is 0 Å². The van der Waals surface area contributed by atoms with Gasteiger partial charge in [-0.15, -0.1) is 0 Å². The number of halogens is 5. The van der Waals surface area contributed by atoms with Crippen molar-refractivity contribution in [1.82, 2.24) is 0 Å². The molecule has 0 saturated carbocycles. The zero-order chi connectivity index (χ0) is 14.9. The lowest BCUT2D eigenvalue weighted by atomic mass is 9.90. The lowest BCUT2D eigenvalue weighted by Crippen LogP contribution is -2.16. The molecule has 0 aromatic heterocycles. The third-order valence-corrected chi connectivity index (χ3v) is 3.16. The molecule has 0 aliphatic heterocycles. The molecule has 1 aromatic rings. The van der Waals surface area contributed by atoms with Crippen LogP contribution in [0.2, 0.25) is 0 Å². The molecule has 20 heavy (non-hydrogen) atoms. The first-order valence-electron chi connectivity index (χ1n) is 6.00. The summed E-state index contributed by atoms with van der Waals surface area (Å²) in [4.78, 5) is 0. The third-order valence-electron chi connectivity index (χ3n) is 3.16. The first-order chi connectivity index (χ1) is 9.34. The maximum Gasteiger partial charge on any atom is 0.413 e. The van der Waals surface area contributed by atoms with Gasteiger partial charge in [-0.2, -0.15) is 13.2 Å². The predicted octanol–water partition coefficient (Wildman–Crippen LogP) is 4.25. The number of hydrogen-bond donors (Lipinski definition) is 1. The van der Waals surface area contributed by atoms with Crippen molar-refractivity contribution in [2.45, 2.75) is 25.6 Å². The van der Waals surface area contributed by atoms with Crippen LogP contribution in [-0.2, 0) is 6.54 Å². The van der Waals surface area contributed by atoms with Gasteiger partial charge in [0.25, 0.3) is 0 Å². The average Bonchev–Trinajstić information content (AvgIpc) is 2.37. The molecule has 0 bridgehead atoms. The molecule has 0 fully saturated rings. The van der Waals surface area contributed by atoms with Crippen LogP contribution in [-0.4, -0.2) is 6.18 Å². The molecule has 108 valence electrons. The molecule has 0 spiro atoms. The number of alkyl halides is 3. The van der Waals surface area contributed by atoms with Gasteiger partial charge in [-0.3, -0.25) is 0 Å². The van der Waals surface area contributed by atoms with E-state index in [1.807, 2.05) is 0 Å². The van der Waals surface area contributed by atoms with Gasteiger partial charge in [-0.05, 0) is 30.5 Å². The van der Waals surface area contributed by atoms with E-state index in [4.69, 9.17) is 5.73 Å². The summed E-state index contributed by atoms with van der Waals surface area (Å²) in [6, 6.07) is 3.42. The summed E-state index contributed by atoms with van der Waals surface area (Å²) in [7, 11) is 0. The highest BCUT2D eigenvalue weighted by Gasteiger charge is 2.38. The fourth-order valence-electron chi connectivity index (χ4n) is 2.18. The van der Waals surface area contributed by atoms with Crippen molar-refractivity contribution < 1.29 is 22.0 Å². The molecule has 2 rings (SSSR count). The summed E-state index contributed by atoms with van der Waals surface area (Å²) >= 11 is 0. The van der Waals surface area contributed by atoms with Gasteiger partial charge in [0.05, 0.1) is 0 Å². The van der Waals surface area contributed by atoms with E-state index in [1.54, 1.807) is 0 Å². The number of benzene rings is 1. The van der Waals surface area contributed by atoms with Gasteiger partial charge >= 0.3 is 6.18 Å². The lowest BCUT2D eigenvalue weighted by Gasteiger charge is -2.20. The summed E-state index contributed by atoms with van der Waals surface area (Å²) in [6.45, 7) is -0.0738. The molecule has 0 saturated heterocycles. The van der Waals surface area contributed by atoms with Crippen LogP contribution in [0, 0.1) is 5.82 Å². The standard InChI is InChI=1S/C14H12F5N/c15-11-3-1-2-10(14(17,18)19)13(11)8-4-5-9(7-20)12(16)6-8/h3-6H,1-2,7,20H2. The summed E-state index contributed by atoms with van der Waals surface area (Å²) in [5.41, 5.74) is 3.79. The van der Waals surface area contributed by atoms with Crippen LogP contribution >= 0.6 is 0 Å². The minimum absolute atomic E-state index is 0.0203. The molecule has 0 atom stereocenters. The fraction of sp³-hybridized carbons (Fsp3) is 0.286. The van der Waals surface area contributed by atoms with Crippen molar-refractivity contribution in [2.75, 3.05) is 0 Å². The summed E-state index contributed by atoms with van der Waals surface area (Å²) in [5, 5.41) is 0. The minimum Gasteiger partial charge on any atom is -0.326 e. The monoisotopic (exact) mass is 289 g/mol. The van der Waals surface area contributed by atoms with E-state index < -0.39 is 29.0 Å². The van der Waals surface area contributed by atoms with Gasteiger partial charge in [0.2, 0.25) is 0 Å². The van der Waals surface area contributed by atoms with E-state index >= 15 is 0 Å². The summed E-state index contributed by atoms with van der Waals surface area (Å²) < 4.78 is 66.2. The SMILES string of the molecule is NCc1ccc(C2=C(C(F)(F)F)CCC=C2F)cc1F. The Balaban J connectivity index is 2.59. The van der Waals surface area contributed by atoms with Crippen molar-refractivity contribution in [3.05, 3.63) is 52.6 Å². The molecular weight excluding hydrogens is 277 g/mol. The number of hydrogen-bond acceptors (Lipinski definition) is 1. The molecule has 0 amide bonds. The van der Waals surface area contributed by atoms with Gasteiger partial charge in [0.1, 0.15) is 11.6 Å². The van der Waals surface area contributed by atoms with Crippen molar-refractivity contribution in [2.24, 2.45) is 5.73 Å². The fourth-order valence-corrected chi connectivity index (χ4v) is 2.18. The molecule has 1 aliphatic carbocycles. The van der Waals surface area contributed by atoms with E-state index in [9.17, 15) is 22.0 Å². The van der Waals surface area contributed by atoms with Gasteiger partial charge in [-0.25, -0.2) is 8.78 Å². The Morgan fingerprint density at radius 2 is 1.85 bits per heavy atom. The smallest absolute Gasteiger partial charge is 0.326 e. The molecule has 6 heteroatoms. The van der Waals surface area contributed by atoms with Gasteiger partial charge in [-0.1, -0.05) is 12.1 Å². The Kier molecular flexibility index (Phi) is 3.94. The molecule has 1 aliphatic rings. The quantitative estimate of drug-likeness (QED) is 0.809. The van der Waals surface area contributed by atoms with E-state index in [0.29, 0.717) is 0 Å². The lowest BCUT2D eigenvalue weighted by molar-refractivity contribution is -0.0935. The second-order valence-electron chi connectivity index (χ2n) is 4.45. The maximum atomic E-state index is 13.8. The number of allylic oxidation sites excluding steroid dienone is 4. The molecule has 0 heterocycles. The van der Waals surface area contributed by atoms with Crippen LogP contribution < -0.4 is 5.73 Å². The van der Waals surface area contributed by atoms with E-state index in [1.165, 1.54) is 12.1 Å². The minimum atomic E-state index is -4.63. The Labute approximate surface area is 112 Å². The van der Waals surface area contributed by atoms with Crippen LogP contribution in [0.15, 0.2) is 35.7 Å². The summed E-state index contributed by atoms with van der Waals surface area (Å²) in [5.74, 6) is -1.71. The van der Waals surface area contributed by atoms with Crippen LogP contribution in [0.25, 0.3) is 5.57 Å². The van der Waals surface area contributed by atoms with Crippen molar-refractivity contribution in [1.29, 1.82) is 0 Å². The predicted molar refractivity (Wildman–Crippen MR) is 65.7 cm³/mol. The molecular formula is C14H12F5N. The van der Waals surface area contributed by atoms with E-state index in [2.05, 4.69) is 0 Å². The van der Waals surface area contributed by atoms with Crippen molar-refractivity contribution >= 4 is 5.57 Å².